The number of rotatable bonds is 30. The topological polar surface area (TPSA) is 90.4 Å². The number of thioether (sulfide) groups is 4. The zero-order chi connectivity index (χ0) is 62.4. The van der Waals surface area contributed by atoms with Crippen LogP contribution in [0.4, 0.5) is 0 Å². The van der Waals surface area contributed by atoms with E-state index in [2.05, 4.69) is 101 Å². The number of ketones is 2. The first kappa shape index (κ1) is 66.6. The van der Waals surface area contributed by atoms with Crippen LogP contribution in [0.15, 0.2) is 104 Å². The van der Waals surface area contributed by atoms with Crippen molar-refractivity contribution in [1.29, 1.82) is 10.5 Å². The van der Waals surface area contributed by atoms with E-state index < -0.39 is 0 Å². The molecule has 12 heteroatoms. The third kappa shape index (κ3) is 14.2. The van der Waals surface area contributed by atoms with Gasteiger partial charge in [-0.2, -0.15) is 0 Å². The van der Waals surface area contributed by atoms with Crippen LogP contribution in [-0.4, -0.2) is 34.6 Å². The number of carbonyl (C=O) groups is 2. The molecule has 0 aliphatic heterocycles. The summed E-state index contributed by atoms with van der Waals surface area (Å²) in [5.41, 5.74) is 13.3. The zero-order valence-electron chi connectivity index (χ0n) is 52.6. The second kappa shape index (κ2) is 31.8. The number of Topliss-reactive ketones (excluding diaryl/α,β-unsaturated/α-hetero) is 2. The lowest BCUT2D eigenvalue weighted by molar-refractivity contribution is 0.103. The number of nitriles is 2. The van der Waals surface area contributed by atoms with E-state index in [-0.39, 0.29) is 23.0 Å². The molecule has 5 aromatic rings. The molecule has 4 unspecified atom stereocenters. The Kier molecular flexibility index (Phi) is 24.1. The van der Waals surface area contributed by atoms with Crippen LogP contribution in [0.5, 0.6) is 0 Å². The largest absolute Gasteiger partial charge is 0.289 e. The van der Waals surface area contributed by atoms with Crippen LogP contribution in [0.25, 0.3) is 65.0 Å². The molecule has 0 amide bonds. The Balaban J connectivity index is 1.33. The van der Waals surface area contributed by atoms with Gasteiger partial charge in [0.05, 0.1) is 25.3 Å². The van der Waals surface area contributed by atoms with E-state index in [4.69, 9.17) is 13.1 Å². The minimum atomic E-state index is -0.170. The number of thiophene rings is 2. The summed E-state index contributed by atoms with van der Waals surface area (Å²) < 4.78 is 2.68. The molecule has 2 aromatic heterocycles. The Bertz CT molecular complexity index is 3510. The van der Waals surface area contributed by atoms with Gasteiger partial charge in [-0.1, -0.05) is 181 Å². The van der Waals surface area contributed by atoms with Crippen molar-refractivity contribution in [2.45, 2.75) is 158 Å². The number of hydrogen-bond donors (Lipinski definition) is 0. The predicted molar refractivity (Wildman–Crippen MR) is 384 cm³/mol. The molecule has 0 fully saturated rings. The summed E-state index contributed by atoms with van der Waals surface area (Å²) in [7, 11) is 0. The van der Waals surface area contributed by atoms with Crippen molar-refractivity contribution < 1.29 is 9.59 Å². The van der Waals surface area contributed by atoms with Gasteiger partial charge in [-0.25, -0.2) is 20.2 Å². The van der Waals surface area contributed by atoms with Crippen molar-refractivity contribution in [3.63, 3.8) is 0 Å². The maximum absolute atomic E-state index is 14.5. The fourth-order valence-electron chi connectivity index (χ4n) is 12.5. The van der Waals surface area contributed by atoms with Gasteiger partial charge in [-0.15, -0.1) is 69.7 Å². The molecular weight excluding hydrogens is 1190 g/mol. The minimum Gasteiger partial charge on any atom is -0.289 e. The summed E-state index contributed by atoms with van der Waals surface area (Å²) in [6, 6.07) is 28.6. The third-order valence-electron chi connectivity index (χ3n) is 18.0. The van der Waals surface area contributed by atoms with Crippen molar-refractivity contribution >= 4 is 116 Å². The first-order valence-electron chi connectivity index (χ1n) is 32.2. The van der Waals surface area contributed by atoms with E-state index in [1.165, 1.54) is 129 Å². The zero-order valence-corrected chi connectivity index (χ0v) is 57.5. The minimum absolute atomic E-state index is 0.0802. The normalized spacial score (nSPS) is 16.9. The molecule has 0 saturated carbocycles. The van der Waals surface area contributed by atoms with Gasteiger partial charge in [-0.05, 0) is 108 Å². The molecule has 9 rings (SSSR count). The first-order chi connectivity index (χ1) is 43.0. The summed E-state index contributed by atoms with van der Waals surface area (Å²) in [5.74, 6) is 6.02. The Morgan fingerprint density at radius 1 is 0.455 bits per heavy atom. The van der Waals surface area contributed by atoms with E-state index in [0.717, 1.165) is 69.6 Å². The van der Waals surface area contributed by atoms with Crippen LogP contribution in [0.3, 0.4) is 0 Å². The van der Waals surface area contributed by atoms with Crippen molar-refractivity contribution in [3.8, 4) is 33.0 Å². The third-order valence-corrected chi connectivity index (χ3v) is 26.1. The molecule has 6 nitrogen and oxygen atoms in total. The predicted octanol–water partition coefficient (Wildman–Crippen LogP) is 23.9. The lowest BCUT2D eigenvalue weighted by Crippen LogP contribution is -2.05. The van der Waals surface area contributed by atoms with Gasteiger partial charge >= 0.3 is 0 Å². The summed E-state index contributed by atoms with van der Waals surface area (Å²) in [6.07, 6.45) is 22.7. The average molecular weight is 1280 g/mol. The van der Waals surface area contributed by atoms with E-state index in [0.29, 0.717) is 68.2 Å². The molecule has 4 atom stereocenters. The average Bonchev–Trinajstić information content (AvgIpc) is 1.58. The van der Waals surface area contributed by atoms with Gasteiger partial charge in [0.25, 0.3) is 11.4 Å². The smallest absolute Gasteiger partial charge is 0.270 e. The fraction of sp³-hybridized carbons (Fsp3) is 0.421. The van der Waals surface area contributed by atoms with E-state index >= 15 is 0 Å². The number of carbonyl (C=O) groups excluding carboxylic acids is 2. The maximum Gasteiger partial charge on any atom is 0.270 e. The van der Waals surface area contributed by atoms with Crippen molar-refractivity contribution in [2.75, 3.05) is 23.0 Å². The number of benzene rings is 3. The molecule has 0 N–H and O–H groups in total. The van der Waals surface area contributed by atoms with Gasteiger partial charge < -0.3 is 0 Å². The second-order valence-corrected chi connectivity index (χ2v) is 30.5. The van der Waals surface area contributed by atoms with Crippen molar-refractivity contribution in [3.05, 3.63) is 181 Å². The molecule has 0 radical (unpaired) electrons. The van der Waals surface area contributed by atoms with E-state index in [9.17, 15) is 20.1 Å². The standard InChI is InChI=1S/C76H82N4O2S6/c1-11-19-27-47(15-5)43-83-75(84-44-48(16-6)28-20-12-2)69-57-39-60-58(40-59(57)73-63(69)37-51(87-73)35-61-67(65(41-77)79-9)53-31-23-25-33-55(53)71(61)81)70(76(85-45-49(17-7)29-21-13-3)86-46-50(18-8)30-22-14-4)64-38-52(88-74(60)64)36-62-68(66(42-78)80-10)54-32-24-26-34-56(54)72(62)82/h23-26,31-40,47-50H,11-22,27-30,43-46H2,1-8H3/b61-35-,62-36-,67-65-,68-66+,75-69?,76-70?. The Morgan fingerprint density at radius 2 is 0.773 bits per heavy atom. The monoisotopic (exact) mass is 1270 g/mol. The Morgan fingerprint density at radius 3 is 1.06 bits per heavy atom. The van der Waals surface area contributed by atoms with Crippen LogP contribution < -0.4 is 0 Å². The molecule has 454 valence electrons. The molecular formula is C76H82N4O2S6. The summed E-state index contributed by atoms with van der Waals surface area (Å²) in [4.78, 5) is 40.5. The summed E-state index contributed by atoms with van der Waals surface area (Å²) in [5, 5.41) is 20.7. The Labute approximate surface area is 550 Å². The molecule has 3 aromatic carbocycles. The lowest BCUT2D eigenvalue weighted by atomic mass is 9.98. The van der Waals surface area contributed by atoms with Gasteiger partial charge in [0.1, 0.15) is 0 Å². The number of nitrogens with zero attached hydrogens (tertiary/aromatic N) is 4. The van der Waals surface area contributed by atoms with E-state index in [1.54, 1.807) is 34.8 Å². The van der Waals surface area contributed by atoms with Crippen LogP contribution in [-0.2, 0) is 0 Å². The SMILES string of the molecule is [C-]#[N+]/C(C#N)=C1\C(=C\c2cc3c(s2)-c2cc4c(cc2C3=C(SCC(CC)CCCC)SCC(CC)CCCC)-c2sc(/C=C3\C(=O)c5ccccc5\C3=C(\C#N)[N+]#[C-])cc2C4=C(SCC(CC)CCCC)SCC(CC)CCCC)C(=O)c2ccccc21. The summed E-state index contributed by atoms with van der Waals surface area (Å²) >= 11 is 11.5. The number of unbranched alkanes of at least 4 members (excludes halogenated alkanes) is 4. The van der Waals surface area contributed by atoms with Crippen LogP contribution in [0, 0.1) is 59.5 Å². The molecule has 4 aliphatic rings. The number of hydrogen-bond acceptors (Lipinski definition) is 10. The van der Waals surface area contributed by atoms with Gasteiger partial charge in [0.15, 0.2) is 11.6 Å². The first-order valence-corrected chi connectivity index (χ1v) is 37.8. The molecule has 0 bridgehead atoms. The van der Waals surface area contributed by atoms with Gasteiger partial charge in [-0.3, -0.25) is 9.59 Å². The highest BCUT2D eigenvalue weighted by atomic mass is 32.2. The molecule has 0 spiro atoms. The van der Waals surface area contributed by atoms with Gasteiger partial charge in [0, 0.05) is 118 Å². The molecule has 2 heterocycles. The van der Waals surface area contributed by atoms with Crippen LogP contribution >= 0.6 is 69.7 Å². The number of allylic oxidation sites excluding steroid dienone is 6. The molecule has 4 aliphatic carbocycles. The number of fused-ring (bicyclic) bond motifs is 8. The van der Waals surface area contributed by atoms with Crippen molar-refractivity contribution in [2.24, 2.45) is 23.7 Å². The molecule has 0 saturated heterocycles. The Hall–Kier alpha value is -5.80. The van der Waals surface area contributed by atoms with Crippen LogP contribution in [0.2, 0.25) is 0 Å². The molecule has 88 heavy (non-hydrogen) atoms. The second-order valence-electron chi connectivity index (χ2n) is 23.7. The quantitative estimate of drug-likeness (QED) is 0.0250. The van der Waals surface area contributed by atoms with E-state index in [1.807, 2.05) is 95.6 Å². The highest BCUT2D eigenvalue weighted by Crippen LogP contribution is 2.61. The van der Waals surface area contributed by atoms with Crippen molar-refractivity contribution in [1.82, 2.24) is 0 Å². The highest BCUT2D eigenvalue weighted by molar-refractivity contribution is 8.23. The highest BCUT2D eigenvalue weighted by Gasteiger charge is 2.39. The van der Waals surface area contributed by atoms with Gasteiger partial charge in [0.2, 0.25) is 0 Å². The van der Waals surface area contributed by atoms with Crippen LogP contribution in [0.1, 0.15) is 222 Å². The lowest BCUT2D eigenvalue weighted by Gasteiger charge is -2.21. The maximum atomic E-state index is 14.5. The fourth-order valence-corrected chi connectivity index (χ4v) is 20.9. The summed E-state index contributed by atoms with van der Waals surface area (Å²) in [6.45, 7) is 34.7.